The zero-order chi connectivity index (χ0) is 17.1. The molecule has 0 saturated carbocycles. The molecule has 2 heterocycles. The van der Waals surface area contributed by atoms with E-state index in [0.717, 1.165) is 23.4 Å². The van der Waals surface area contributed by atoms with Gasteiger partial charge in [0.05, 0.1) is 23.9 Å². The zero-order valence-corrected chi connectivity index (χ0v) is 14.3. The first-order chi connectivity index (χ1) is 11.5. The van der Waals surface area contributed by atoms with Crippen LogP contribution in [0.2, 0.25) is 5.02 Å². The van der Waals surface area contributed by atoms with Crippen molar-refractivity contribution < 1.29 is 9.90 Å². The van der Waals surface area contributed by atoms with Crippen molar-refractivity contribution >= 4 is 17.5 Å². The van der Waals surface area contributed by atoms with E-state index >= 15 is 0 Å². The maximum Gasteiger partial charge on any atom is 0.227 e. The molecule has 1 aromatic heterocycles. The molecule has 1 saturated heterocycles. The Hall–Kier alpha value is -1.89. The van der Waals surface area contributed by atoms with Gasteiger partial charge in [-0.25, -0.2) is 0 Å². The fourth-order valence-electron chi connectivity index (χ4n) is 2.99. The van der Waals surface area contributed by atoms with E-state index in [1.807, 2.05) is 31.3 Å². The van der Waals surface area contributed by atoms with Crippen molar-refractivity contribution in [2.75, 3.05) is 20.1 Å². The molecule has 1 fully saturated rings. The highest BCUT2D eigenvalue weighted by Crippen LogP contribution is 2.23. The number of H-pyrrole nitrogens is 1. The number of piperidine rings is 1. The van der Waals surface area contributed by atoms with Gasteiger partial charge in [-0.05, 0) is 31.2 Å². The molecule has 3 rings (SSSR count). The highest BCUT2D eigenvalue weighted by Gasteiger charge is 2.31. The minimum absolute atomic E-state index is 0.127. The van der Waals surface area contributed by atoms with Crippen LogP contribution < -0.4 is 5.32 Å². The van der Waals surface area contributed by atoms with Crippen LogP contribution in [0.4, 0.5) is 0 Å². The van der Waals surface area contributed by atoms with Gasteiger partial charge in [-0.1, -0.05) is 23.7 Å². The third kappa shape index (κ3) is 3.77. The Morgan fingerprint density at radius 1 is 1.46 bits per heavy atom. The predicted molar refractivity (Wildman–Crippen MR) is 92.5 cm³/mol. The topological polar surface area (TPSA) is 81.2 Å². The van der Waals surface area contributed by atoms with E-state index < -0.39 is 12.0 Å². The standard InChI is InChI=1S/C17H21ClN4O2/c1-22-7-6-15(23)14(10-22)17(24)19-8-12-9-20-21-16(12)11-2-4-13(18)5-3-11/h2-5,9,14-15,23H,6-8,10H2,1H3,(H,19,24)(H,20,21)/t14-,15-/m1/s1. The molecule has 1 aromatic carbocycles. The number of rotatable bonds is 4. The summed E-state index contributed by atoms with van der Waals surface area (Å²) in [5.74, 6) is -0.521. The van der Waals surface area contributed by atoms with Crippen LogP contribution in [0.15, 0.2) is 30.5 Å². The van der Waals surface area contributed by atoms with Gasteiger partial charge in [-0.15, -0.1) is 0 Å². The van der Waals surface area contributed by atoms with E-state index in [1.165, 1.54) is 0 Å². The van der Waals surface area contributed by atoms with Gasteiger partial charge in [0.1, 0.15) is 0 Å². The fourth-order valence-corrected chi connectivity index (χ4v) is 3.11. The fraction of sp³-hybridized carbons (Fsp3) is 0.412. The molecule has 0 spiro atoms. The Kier molecular flexibility index (Phi) is 5.18. The van der Waals surface area contributed by atoms with E-state index in [4.69, 9.17) is 11.6 Å². The van der Waals surface area contributed by atoms with E-state index in [-0.39, 0.29) is 5.91 Å². The normalized spacial score (nSPS) is 21.6. The van der Waals surface area contributed by atoms with Crippen LogP contribution in [-0.2, 0) is 11.3 Å². The number of aromatic amines is 1. The molecule has 1 amide bonds. The maximum absolute atomic E-state index is 12.4. The molecule has 0 radical (unpaired) electrons. The minimum Gasteiger partial charge on any atom is -0.392 e. The van der Waals surface area contributed by atoms with Crippen LogP contribution in [0.5, 0.6) is 0 Å². The monoisotopic (exact) mass is 348 g/mol. The molecule has 2 aromatic rings. The summed E-state index contributed by atoms with van der Waals surface area (Å²) >= 11 is 5.92. The van der Waals surface area contributed by atoms with Crippen molar-refractivity contribution in [3.63, 3.8) is 0 Å². The molecule has 1 aliphatic rings. The Morgan fingerprint density at radius 3 is 2.96 bits per heavy atom. The number of carbonyl (C=O) groups excluding carboxylic acids is 1. The van der Waals surface area contributed by atoms with Gasteiger partial charge in [0.2, 0.25) is 5.91 Å². The minimum atomic E-state index is -0.582. The second kappa shape index (κ2) is 7.34. The van der Waals surface area contributed by atoms with E-state index in [2.05, 4.69) is 20.4 Å². The third-order valence-corrected chi connectivity index (χ3v) is 4.67. The van der Waals surface area contributed by atoms with Gasteiger partial charge < -0.3 is 15.3 Å². The van der Waals surface area contributed by atoms with Crippen molar-refractivity contribution in [3.05, 3.63) is 41.0 Å². The molecule has 3 N–H and O–H groups in total. The second-order valence-corrected chi connectivity index (χ2v) is 6.66. The first-order valence-electron chi connectivity index (χ1n) is 7.97. The van der Waals surface area contributed by atoms with Gasteiger partial charge in [-0.2, -0.15) is 5.10 Å². The molecule has 2 atom stereocenters. The van der Waals surface area contributed by atoms with Gasteiger partial charge in [-0.3, -0.25) is 9.89 Å². The lowest BCUT2D eigenvalue weighted by Crippen LogP contribution is -2.48. The summed E-state index contributed by atoms with van der Waals surface area (Å²) in [5, 5.41) is 20.7. The number of aromatic nitrogens is 2. The Labute approximate surface area is 145 Å². The molecular weight excluding hydrogens is 328 g/mol. The number of aliphatic hydroxyl groups excluding tert-OH is 1. The van der Waals surface area contributed by atoms with Gasteiger partial charge >= 0.3 is 0 Å². The lowest BCUT2D eigenvalue weighted by Gasteiger charge is -2.32. The number of amides is 1. The molecule has 0 bridgehead atoms. The molecule has 7 heteroatoms. The van der Waals surface area contributed by atoms with E-state index in [9.17, 15) is 9.90 Å². The van der Waals surface area contributed by atoms with Crippen LogP contribution in [0.3, 0.4) is 0 Å². The molecule has 24 heavy (non-hydrogen) atoms. The lowest BCUT2D eigenvalue weighted by molar-refractivity contribution is -0.131. The van der Waals surface area contributed by atoms with E-state index in [1.54, 1.807) is 6.20 Å². The zero-order valence-electron chi connectivity index (χ0n) is 13.5. The predicted octanol–water partition coefficient (Wildman–Crippen LogP) is 1.66. The average Bonchev–Trinajstić information content (AvgIpc) is 3.04. The number of nitrogens with one attached hydrogen (secondary N) is 2. The highest BCUT2D eigenvalue weighted by atomic mass is 35.5. The number of hydrogen-bond acceptors (Lipinski definition) is 4. The first kappa shape index (κ1) is 17.0. The quantitative estimate of drug-likeness (QED) is 0.785. The largest absolute Gasteiger partial charge is 0.392 e. The summed E-state index contributed by atoms with van der Waals surface area (Å²) in [7, 11) is 1.96. The highest BCUT2D eigenvalue weighted by molar-refractivity contribution is 6.30. The number of halogens is 1. The lowest BCUT2D eigenvalue weighted by atomic mass is 9.94. The summed E-state index contributed by atoms with van der Waals surface area (Å²) < 4.78 is 0. The van der Waals surface area contributed by atoms with Crippen molar-refractivity contribution in [1.82, 2.24) is 20.4 Å². The smallest absolute Gasteiger partial charge is 0.227 e. The molecular formula is C17H21ClN4O2. The van der Waals surface area contributed by atoms with Gasteiger partial charge in [0.15, 0.2) is 0 Å². The molecule has 0 aliphatic carbocycles. The van der Waals surface area contributed by atoms with Crippen LogP contribution in [0.25, 0.3) is 11.3 Å². The Morgan fingerprint density at radius 2 is 2.21 bits per heavy atom. The van der Waals surface area contributed by atoms with Crippen molar-refractivity contribution in [3.8, 4) is 11.3 Å². The number of likely N-dealkylation sites (tertiary alicyclic amines) is 1. The second-order valence-electron chi connectivity index (χ2n) is 6.22. The molecule has 1 aliphatic heterocycles. The summed E-state index contributed by atoms with van der Waals surface area (Å²) in [6.45, 7) is 1.75. The SMILES string of the molecule is CN1CC[C@@H](O)[C@H](C(=O)NCc2cn[nH]c2-c2ccc(Cl)cc2)C1. The summed E-state index contributed by atoms with van der Waals surface area (Å²) in [6, 6.07) is 7.44. The Bertz CT molecular complexity index is 701. The number of carbonyl (C=O) groups is 1. The average molecular weight is 349 g/mol. The number of benzene rings is 1. The van der Waals surface area contributed by atoms with Crippen molar-refractivity contribution in [2.45, 2.75) is 19.1 Å². The van der Waals surface area contributed by atoms with Gasteiger partial charge in [0, 0.05) is 30.2 Å². The van der Waals surface area contributed by atoms with Crippen LogP contribution in [0, 0.1) is 5.92 Å². The van der Waals surface area contributed by atoms with Crippen LogP contribution >= 0.6 is 11.6 Å². The van der Waals surface area contributed by atoms with E-state index in [0.29, 0.717) is 24.5 Å². The number of hydrogen-bond donors (Lipinski definition) is 3. The summed E-state index contributed by atoms with van der Waals surface area (Å²) in [6.07, 6.45) is 1.74. The van der Waals surface area contributed by atoms with Gasteiger partial charge in [0.25, 0.3) is 0 Å². The van der Waals surface area contributed by atoms with Crippen LogP contribution in [0.1, 0.15) is 12.0 Å². The summed E-state index contributed by atoms with van der Waals surface area (Å²) in [4.78, 5) is 14.5. The molecule has 128 valence electrons. The molecule has 0 unspecified atom stereocenters. The number of aliphatic hydroxyl groups is 1. The third-order valence-electron chi connectivity index (χ3n) is 4.42. The maximum atomic E-state index is 12.4. The van der Waals surface area contributed by atoms with Crippen LogP contribution in [-0.4, -0.2) is 52.4 Å². The number of nitrogens with zero attached hydrogens (tertiary/aromatic N) is 2. The van der Waals surface area contributed by atoms with Crippen molar-refractivity contribution in [2.24, 2.45) is 5.92 Å². The Balaban J connectivity index is 1.66. The first-order valence-corrected chi connectivity index (χ1v) is 8.35. The molecule has 6 nitrogen and oxygen atoms in total. The van der Waals surface area contributed by atoms with Crippen molar-refractivity contribution in [1.29, 1.82) is 0 Å². The summed E-state index contributed by atoms with van der Waals surface area (Å²) in [5.41, 5.74) is 2.70.